The van der Waals surface area contributed by atoms with Crippen LogP contribution in [0, 0.1) is 11.6 Å². The number of piperazine rings is 1. The van der Waals surface area contributed by atoms with E-state index >= 15 is 4.39 Å². The van der Waals surface area contributed by atoms with Crippen LogP contribution in [-0.4, -0.2) is 52.6 Å². The van der Waals surface area contributed by atoms with E-state index in [9.17, 15) is 23.9 Å². The van der Waals surface area contributed by atoms with E-state index < -0.39 is 28.6 Å². The van der Waals surface area contributed by atoms with Crippen LogP contribution >= 0.6 is 15.9 Å². The van der Waals surface area contributed by atoms with Crippen LogP contribution < -0.4 is 15.6 Å². The second-order valence-electron chi connectivity index (χ2n) is 10.8. The van der Waals surface area contributed by atoms with E-state index in [1.165, 1.54) is 35.0 Å². The van der Waals surface area contributed by atoms with Crippen molar-refractivity contribution in [2.45, 2.75) is 6.54 Å². The number of aromatic carboxylic acids is 1. The fourth-order valence-corrected chi connectivity index (χ4v) is 5.71. The predicted octanol–water partition coefficient (Wildman–Crippen LogP) is 6.30. The van der Waals surface area contributed by atoms with Gasteiger partial charge in [-0.25, -0.2) is 13.6 Å². The Bertz CT molecular complexity index is 1960. The van der Waals surface area contributed by atoms with Gasteiger partial charge in [-0.3, -0.25) is 14.5 Å². The van der Waals surface area contributed by atoms with Crippen molar-refractivity contribution in [3.8, 4) is 5.69 Å². The lowest BCUT2D eigenvalue weighted by Gasteiger charge is -2.36. The number of rotatable bonds is 7. The number of benzene rings is 4. The summed E-state index contributed by atoms with van der Waals surface area (Å²) in [6, 6.07) is 22.8. The first-order valence-electron chi connectivity index (χ1n) is 14.2. The van der Waals surface area contributed by atoms with Gasteiger partial charge in [0.05, 0.1) is 11.2 Å². The van der Waals surface area contributed by atoms with Gasteiger partial charge in [0.15, 0.2) is 0 Å². The lowest BCUT2D eigenvalue weighted by molar-refractivity contribution is 0.0694. The molecule has 1 aliphatic heterocycles. The summed E-state index contributed by atoms with van der Waals surface area (Å²) in [6.45, 7) is 2.98. The second-order valence-corrected chi connectivity index (χ2v) is 11.7. The minimum Gasteiger partial charge on any atom is -0.477 e. The summed E-state index contributed by atoms with van der Waals surface area (Å²) in [4.78, 5) is 41.5. The monoisotopic (exact) mass is 672 g/mol. The highest BCUT2D eigenvalue weighted by atomic mass is 79.9. The number of anilines is 2. The van der Waals surface area contributed by atoms with Crippen LogP contribution in [0.1, 0.15) is 26.3 Å². The summed E-state index contributed by atoms with van der Waals surface area (Å²) in [5.41, 5.74) is 2.04. The highest BCUT2D eigenvalue weighted by molar-refractivity contribution is 9.10. The number of carboxylic acids is 1. The molecular formula is C34H27BrF2N4O4. The average Bonchev–Trinajstić information content (AvgIpc) is 3.03. The van der Waals surface area contributed by atoms with Gasteiger partial charge < -0.3 is 19.9 Å². The molecule has 0 aliphatic carbocycles. The van der Waals surface area contributed by atoms with Gasteiger partial charge in [0.2, 0.25) is 5.43 Å². The Labute approximate surface area is 265 Å². The SMILES string of the molecule is O=C(Nc1ccc(Br)cc1)c1ccc(CN2CCN(c3cc4c(cc3F)c(=O)c(C(=O)O)cn4-c3ccc(F)cc3)CC2)cc1. The van der Waals surface area contributed by atoms with E-state index in [-0.39, 0.29) is 11.3 Å². The summed E-state index contributed by atoms with van der Waals surface area (Å²) >= 11 is 3.38. The number of amides is 1. The fraction of sp³-hybridized carbons (Fsp3) is 0.147. The van der Waals surface area contributed by atoms with E-state index in [2.05, 4.69) is 26.1 Å². The number of halogens is 3. The standard InChI is InChI=1S/C34H27BrF2N4O4/c35-23-5-9-25(10-6-23)38-33(43)22-3-1-21(2-4-22)19-39-13-15-40(16-14-39)31-18-30-27(17-29(31)37)32(42)28(34(44)45)20-41(30)26-11-7-24(36)8-12-26/h1-12,17-18,20H,13-16,19H2,(H,38,43)(H,44,45). The third kappa shape index (κ3) is 6.50. The van der Waals surface area contributed by atoms with Crippen molar-refractivity contribution in [2.24, 2.45) is 0 Å². The van der Waals surface area contributed by atoms with Crippen molar-refractivity contribution in [1.29, 1.82) is 0 Å². The zero-order chi connectivity index (χ0) is 31.7. The van der Waals surface area contributed by atoms with Crippen LogP contribution in [0.4, 0.5) is 20.2 Å². The number of carbonyl (C=O) groups is 2. The molecule has 1 fully saturated rings. The Morgan fingerprint density at radius 2 is 1.53 bits per heavy atom. The first-order chi connectivity index (χ1) is 21.7. The second kappa shape index (κ2) is 12.6. The van der Waals surface area contributed by atoms with Crippen LogP contribution in [0.15, 0.2) is 100 Å². The van der Waals surface area contributed by atoms with Gasteiger partial charge in [0.25, 0.3) is 5.91 Å². The highest BCUT2D eigenvalue weighted by Crippen LogP contribution is 2.28. The van der Waals surface area contributed by atoms with Crippen molar-refractivity contribution in [1.82, 2.24) is 9.47 Å². The molecule has 2 N–H and O–H groups in total. The van der Waals surface area contributed by atoms with E-state index in [0.29, 0.717) is 60.9 Å². The maximum absolute atomic E-state index is 15.5. The lowest BCUT2D eigenvalue weighted by Crippen LogP contribution is -2.46. The number of hydrogen-bond acceptors (Lipinski definition) is 5. The van der Waals surface area contributed by atoms with Gasteiger partial charge in [0.1, 0.15) is 17.2 Å². The first kappa shape index (κ1) is 30.2. The largest absolute Gasteiger partial charge is 0.477 e. The molecule has 6 rings (SSSR count). The number of pyridine rings is 1. The molecule has 5 aromatic rings. The first-order valence-corrected chi connectivity index (χ1v) is 15.0. The molecule has 0 unspecified atom stereocenters. The van der Waals surface area contributed by atoms with E-state index in [0.717, 1.165) is 16.1 Å². The third-order valence-corrected chi connectivity index (χ3v) is 8.37. The minimum absolute atomic E-state index is 0.0759. The van der Waals surface area contributed by atoms with E-state index in [1.807, 2.05) is 41.3 Å². The molecule has 1 aliphatic rings. The van der Waals surface area contributed by atoms with Crippen LogP contribution in [0.25, 0.3) is 16.6 Å². The molecule has 0 radical (unpaired) electrons. The molecule has 1 saturated heterocycles. The molecule has 0 spiro atoms. The topological polar surface area (TPSA) is 94.9 Å². The molecular weight excluding hydrogens is 646 g/mol. The van der Waals surface area contributed by atoms with Crippen molar-refractivity contribution in [2.75, 3.05) is 36.4 Å². The van der Waals surface area contributed by atoms with Gasteiger partial charge >= 0.3 is 5.97 Å². The Morgan fingerprint density at radius 3 is 2.18 bits per heavy atom. The zero-order valence-electron chi connectivity index (χ0n) is 23.8. The van der Waals surface area contributed by atoms with E-state index in [4.69, 9.17) is 0 Å². The molecule has 0 saturated carbocycles. The number of fused-ring (bicyclic) bond motifs is 1. The molecule has 8 nitrogen and oxygen atoms in total. The minimum atomic E-state index is -1.43. The molecule has 1 amide bonds. The Kier molecular flexibility index (Phi) is 8.46. The molecule has 4 aromatic carbocycles. The molecule has 2 heterocycles. The molecule has 45 heavy (non-hydrogen) atoms. The fourth-order valence-electron chi connectivity index (χ4n) is 5.45. The molecule has 11 heteroatoms. The summed E-state index contributed by atoms with van der Waals surface area (Å²) < 4.78 is 31.5. The van der Waals surface area contributed by atoms with Crippen molar-refractivity contribution in [3.63, 3.8) is 0 Å². The lowest BCUT2D eigenvalue weighted by atomic mass is 10.1. The third-order valence-electron chi connectivity index (χ3n) is 7.84. The normalized spacial score (nSPS) is 13.6. The Balaban J connectivity index is 1.17. The van der Waals surface area contributed by atoms with E-state index in [1.54, 1.807) is 18.2 Å². The smallest absolute Gasteiger partial charge is 0.341 e. The summed E-state index contributed by atoms with van der Waals surface area (Å²) in [5.74, 6) is -2.72. The van der Waals surface area contributed by atoms with Gasteiger partial charge in [0, 0.05) is 65.7 Å². The van der Waals surface area contributed by atoms with Crippen LogP contribution in [0.2, 0.25) is 0 Å². The van der Waals surface area contributed by atoms with Crippen LogP contribution in [0.5, 0.6) is 0 Å². The molecule has 0 bridgehead atoms. The Hall–Kier alpha value is -4.87. The number of carboxylic acid groups (broad SMARTS) is 1. The number of nitrogens with one attached hydrogen (secondary N) is 1. The van der Waals surface area contributed by atoms with Gasteiger partial charge in [-0.1, -0.05) is 28.1 Å². The number of nitrogens with zero attached hydrogens (tertiary/aromatic N) is 3. The van der Waals surface area contributed by atoms with Gasteiger partial charge in [-0.15, -0.1) is 0 Å². The van der Waals surface area contributed by atoms with Gasteiger partial charge in [-0.2, -0.15) is 0 Å². The van der Waals surface area contributed by atoms with Crippen molar-refractivity contribution >= 4 is 50.1 Å². The van der Waals surface area contributed by atoms with Crippen molar-refractivity contribution in [3.05, 3.63) is 134 Å². The quantitative estimate of drug-likeness (QED) is 0.211. The summed E-state index contributed by atoms with van der Waals surface area (Å²) in [6.07, 6.45) is 1.19. The maximum Gasteiger partial charge on any atom is 0.341 e. The molecule has 0 atom stereocenters. The molecule has 228 valence electrons. The predicted molar refractivity (Wildman–Crippen MR) is 172 cm³/mol. The highest BCUT2D eigenvalue weighted by Gasteiger charge is 2.23. The summed E-state index contributed by atoms with van der Waals surface area (Å²) in [7, 11) is 0. The maximum atomic E-state index is 15.5. The average molecular weight is 674 g/mol. The Morgan fingerprint density at radius 1 is 0.867 bits per heavy atom. The zero-order valence-corrected chi connectivity index (χ0v) is 25.4. The number of hydrogen-bond donors (Lipinski definition) is 2. The number of carbonyl (C=O) groups excluding carboxylic acids is 1. The van der Waals surface area contributed by atoms with Crippen LogP contribution in [0.3, 0.4) is 0 Å². The number of aromatic nitrogens is 1. The van der Waals surface area contributed by atoms with Crippen LogP contribution in [-0.2, 0) is 6.54 Å². The molecule has 1 aromatic heterocycles. The van der Waals surface area contributed by atoms with Gasteiger partial charge in [-0.05, 0) is 78.4 Å². The summed E-state index contributed by atoms with van der Waals surface area (Å²) in [5, 5.41) is 12.4. The van der Waals surface area contributed by atoms with Crippen molar-refractivity contribution < 1.29 is 23.5 Å².